The smallest absolute Gasteiger partial charge is 0.334 e. The Bertz CT molecular complexity index is 1220. The second-order valence-corrected chi connectivity index (χ2v) is 7.27. The van der Waals surface area contributed by atoms with Gasteiger partial charge in [0.15, 0.2) is 0 Å². The van der Waals surface area contributed by atoms with Gasteiger partial charge in [-0.25, -0.2) is 43.2 Å². The summed E-state index contributed by atoms with van der Waals surface area (Å²) >= 11 is 0. The molecule has 342 valence electrons. The van der Waals surface area contributed by atoms with Crippen molar-refractivity contribution in [3.63, 3.8) is 0 Å². The molecule has 0 heterocycles. The van der Waals surface area contributed by atoms with Crippen molar-refractivity contribution < 1.29 is 85.8 Å². The zero-order valence-electron chi connectivity index (χ0n) is 35.0. The Hall–Kier alpha value is -9.45. The lowest BCUT2D eigenvalue weighted by molar-refractivity contribution is -0.133. The number of hydrogen-bond acceptors (Lipinski definition) is 18. The van der Waals surface area contributed by atoms with Gasteiger partial charge in [-0.3, -0.25) is 0 Å². The van der Waals surface area contributed by atoms with Gasteiger partial charge in [-0.15, -0.1) is 0 Å². The molecule has 0 amide bonds. The highest BCUT2D eigenvalue weighted by molar-refractivity contribution is 5.84. The van der Waals surface area contributed by atoms with Gasteiger partial charge in [0.25, 0.3) is 0 Å². The molecule has 63 heavy (non-hydrogen) atoms. The van der Waals surface area contributed by atoms with Gasteiger partial charge < -0.3 is 42.6 Å². The molecule has 0 aliphatic heterocycles. The number of carbonyl (C=O) groups excluding carboxylic acids is 9. The molecular weight excluding hydrogens is 828 g/mol. The molecule has 0 saturated carbocycles. The van der Waals surface area contributed by atoms with Crippen molar-refractivity contribution in [1.82, 2.24) is 0 Å². The molecule has 18 nitrogen and oxygen atoms in total. The predicted octanol–water partition coefficient (Wildman–Crippen LogP) is 7.73. The van der Waals surface area contributed by atoms with E-state index in [1.807, 2.05) is 0 Å². The minimum Gasteiger partial charge on any atom is -0.432 e. The maximum atomic E-state index is 10.0. The van der Waals surface area contributed by atoms with Gasteiger partial charge in [-0.2, -0.15) is 0 Å². The fourth-order valence-electron chi connectivity index (χ4n) is 1.17. The van der Waals surface area contributed by atoms with Crippen LogP contribution < -0.4 is 0 Å². The lowest BCUT2D eigenvalue weighted by atomic mass is 10.7. The Kier molecular flexibility index (Phi) is 83.2. The van der Waals surface area contributed by atoms with Crippen molar-refractivity contribution in [3.8, 4) is 0 Å². The highest BCUT2D eigenvalue weighted by atomic mass is 16.6. The average Bonchev–Trinajstić information content (AvgIpc) is 3.28. The normalized spacial score (nSPS) is 6.86. The highest BCUT2D eigenvalue weighted by Crippen LogP contribution is 1.79. The van der Waals surface area contributed by atoms with E-state index in [1.54, 1.807) is 0 Å². The number of hydrogen-bond donors (Lipinski definition) is 0. The van der Waals surface area contributed by atoms with Gasteiger partial charge in [0, 0.05) is 54.7 Å². The summed E-state index contributed by atoms with van der Waals surface area (Å²) in [6.07, 6.45) is 19.2. The summed E-state index contributed by atoms with van der Waals surface area (Å²) in [6.45, 7) is 56.8. The molecule has 0 N–H and O–H groups in total. The molecule has 0 saturated heterocycles. The molecule has 0 aliphatic rings. The molecule has 0 rings (SSSR count). The van der Waals surface area contributed by atoms with Crippen molar-refractivity contribution in [1.29, 1.82) is 0 Å². The second-order valence-electron chi connectivity index (χ2n) is 7.27. The quantitative estimate of drug-likeness (QED) is 0.0554. The van der Waals surface area contributed by atoms with E-state index in [1.165, 1.54) is 0 Å². The number of carbonyl (C=O) groups is 9. The predicted molar refractivity (Wildman–Crippen MR) is 238 cm³/mol. The standard InChI is InChI=1S/9C5H6O2/c9*1-3-5(6)7-4-2/h9*3-4H,1-2H2. The zero-order chi connectivity index (χ0) is 51.3. The average molecular weight is 883 g/mol. The molecular formula is C45H54O18. The van der Waals surface area contributed by atoms with E-state index in [-0.39, 0.29) is 0 Å². The fourth-order valence-corrected chi connectivity index (χ4v) is 1.17. The largest absolute Gasteiger partial charge is 0.432 e. The van der Waals surface area contributed by atoms with Gasteiger partial charge in [-0.05, 0) is 0 Å². The van der Waals surface area contributed by atoms with E-state index in [9.17, 15) is 43.2 Å². The number of ether oxygens (including phenoxy) is 9. The lowest BCUT2D eigenvalue weighted by Crippen LogP contribution is -1.90. The maximum absolute atomic E-state index is 10.0. The topological polar surface area (TPSA) is 237 Å². The highest BCUT2D eigenvalue weighted by Gasteiger charge is 1.88. The summed E-state index contributed by atoms with van der Waals surface area (Å²) in [5.74, 6) is -4.29. The Morgan fingerprint density at radius 1 is 0.175 bits per heavy atom. The molecule has 0 aromatic heterocycles. The van der Waals surface area contributed by atoms with Crippen LogP contribution in [-0.4, -0.2) is 53.7 Å². The maximum Gasteiger partial charge on any atom is 0.334 e. The van der Waals surface area contributed by atoms with E-state index in [0.29, 0.717) is 0 Å². The third-order valence-electron chi connectivity index (χ3n) is 3.30. The first-order chi connectivity index (χ1) is 29.8. The van der Waals surface area contributed by atoms with Crippen LogP contribution in [0.5, 0.6) is 0 Å². The molecule has 0 aromatic rings. The first-order valence-electron chi connectivity index (χ1n) is 15.7. The second kappa shape index (κ2) is 70.4. The Morgan fingerprint density at radius 2 is 0.238 bits per heavy atom. The van der Waals surface area contributed by atoms with Crippen LogP contribution >= 0.6 is 0 Å². The molecule has 0 fully saturated rings. The van der Waals surface area contributed by atoms with E-state index < -0.39 is 53.7 Å². The molecule has 0 unspecified atom stereocenters. The van der Waals surface area contributed by atoms with E-state index in [4.69, 9.17) is 0 Å². The molecule has 18 heteroatoms. The third-order valence-corrected chi connectivity index (χ3v) is 3.30. The summed E-state index contributed by atoms with van der Waals surface area (Å²) in [4.78, 5) is 90.0. The zero-order valence-corrected chi connectivity index (χ0v) is 35.0. The Labute approximate surface area is 368 Å². The third kappa shape index (κ3) is 106. The van der Waals surface area contributed by atoms with Gasteiger partial charge in [-0.1, -0.05) is 118 Å². The van der Waals surface area contributed by atoms with Crippen molar-refractivity contribution in [2.24, 2.45) is 0 Å². The minimum absolute atomic E-state index is 0.477. The summed E-state index contributed by atoms with van der Waals surface area (Å²) in [7, 11) is 0. The van der Waals surface area contributed by atoms with Crippen molar-refractivity contribution in [3.05, 3.63) is 229 Å². The van der Waals surface area contributed by atoms with E-state index in [0.717, 1.165) is 111 Å². The SMILES string of the molecule is C=COC(=O)C=C.C=COC(=O)C=C.C=COC(=O)C=C.C=COC(=O)C=C.C=COC(=O)C=C.C=COC(=O)C=C.C=COC(=O)C=C.C=COC(=O)C=C.C=COC(=O)C=C. The summed E-state index contributed by atoms with van der Waals surface area (Å²) in [5, 5.41) is 0. The molecule has 0 aliphatic carbocycles. The van der Waals surface area contributed by atoms with Gasteiger partial charge in [0.1, 0.15) is 0 Å². The molecule has 0 radical (unpaired) electrons. The number of rotatable bonds is 18. The van der Waals surface area contributed by atoms with Crippen LogP contribution in [0.2, 0.25) is 0 Å². The van der Waals surface area contributed by atoms with Crippen LogP contribution in [-0.2, 0) is 85.8 Å². The van der Waals surface area contributed by atoms with E-state index in [2.05, 4.69) is 161 Å². The molecule has 0 atom stereocenters. The summed E-state index contributed by atoms with van der Waals surface area (Å²) in [5.41, 5.74) is 0. The van der Waals surface area contributed by atoms with Gasteiger partial charge in [0.2, 0.25) is 0 Å². The fraction of sp³-hybridized carbons (Fsp3) is 0. The van der Waals surface area contributed by atoms with Crippen molar-refractivity contribution in [2.45, 2.75) is 0 Å². The van der Waals surface area contributed by atoms with E-state index >= 15 is 0 Å². The minimum atomic E-state index is -0.477. The van der Waals surface area contributed by atoms with Crippen LogP contribution in [0, 0.1) is 0 Å². The molecule has 0 spiro atoms. The first kappa shape index (κ1) is 74.5. The van der Waals surface area contributed by atoms with Crippen LogP contribution in [0.4, 0.5) is 0 Å². The number of esters is 9. The monoisotopic (exact) mass is 882 g/mol. The molecule has 0 aromatic carbocycles. The first-order valence-corrected chi connectivity index (χ1v) is 15.7. The van der Waals surface area contributed by atoms with Crippen LogP contribution in [0.15, 0.2) is 229 Å². The summed E-state index contributed by atoms with van der Waals surface area (Å²) < 4.78 is 37.8. The molecule has 0 bridgehead atoms. The van der Waals surface area contributed by atoms with Crippen LogP contribution in [0.1, 0.15) is 0 Å². The Morgan fingerprint density at radius 3 is 0.254 bits per heavy atom. The van der Waals surface area contributed by atoms with Crippen LogP contribution in [0.3, 0.4) is 0 Å². The van der Waals surface area contributed by atoms with Crippen LogP contribution in [0.25, 0.3) is 0 Å². The summed E-state index contributed by atoms with van der Waals surface area (Å²) in [6, 6.07) is 0. The van der Waals surface area contributed by atoms with Gasteiger partial charge >= 0.3 is 53.7 Å². The van der Waals surface area contributed by atoms with Crippen molar-refractivity contribution in [2.75, 3.05) is 0 Å². The lowest BCUT2D eigenvalue weighted by Gasteiger charge is -1.85. The van der Waals surface area contributed by atoms with Crippen molar-refractivity contribution >= 4 is 53.7 Å². The van der Waals surface area contributed by atoms with Gasteiger partial charge in [0.05, 0.1) is 56.4 Å². The Balaban J connectivity index is -0.0000000744.